The number of rotatable bonds is 11. The molecule has 2 aliphatic carbocycles. The van der Waals surface area contributed by atoms with Crippen LogP contribution in [-0.2, 0) is 5.60 Å². The topological polar surface area (TPSA) is 160 Å². The highest BCUT2D eigenvalue weighted by Gasteiger charge is 2.48. The Morgan fingerprint density at radius 2 is 1.89 bits per heavy atom. The monoisotopic (exact) mass is 653 g/mol. The molecule has 2 fully saturated rings. The molecule has 246 valence electrons. The van der Waals surface area contributed by atoms with Gasteiger partial charge >= 0.3 is 6.29 Å². The van der Waals surface area contributed by atoms with Crippen LogP contribution in [0.4, 0.5) is 13.2 Å². The normalized spacial score (nSPS) is 17.7. The molecule has 12 nitrogen and oxygen atoms in total. The van der Waals surface area contributed by atoms with Gasteiger partial charge in [-0.15, -0.1) is 8.78 Å². The number of halogens is 3. The summed E-state index contributed by atoms with van der Waals surface area (Å²) >= 11 is 0. The third kappa shape index (κ3) is 5.43. The molecule has 1 aliphatic heterocycles. The predicted molar refractivity (Wildman–Crippen MR) is 159 cm³/mol. The highest BCUT2D eigenvalue weighted by molar-refractivity contribution is 6.00. The van der Waals surface area contributed by atoms with Gasteiger partial charge in [-0.2, -0.15) is 9.49 Å². The van der Waals surface area contributed by atoms with Crippen LogP contribution in [0.1, 0.15) is 65.1 Å². The molecule has 2 amide bonds. The number of nitrogens with zero attached hydrogens (tertiary/aromatic N) is 3. The molecule has 2 saturated carbocycles. The van der Waals surface area contributed by atoms with E-state index in [1.54, 1.807) is 6.92 Å². The van der Waals surface area contributed by atoms with Crippen molar-refractivity contribution in [3.63, 3.8) is 0 Å². The molecule has 2 aromatic carbocycles. The SMILES string of the molecule is CCOc1c(C(N)=O)cc([C@@](O)(CNC(=O)c2cc(OC)c3nn(C4CC4)c(F)c3c2)C2CC2)nc1-c1ccc2c(c1)OC(F)(F)O2. The standard InChI is InChI=1S/C32H30F3N5O7/c1-3-45-27-20(29(36)41)13-24(38-25(27)15-4-9-21-22(11-15)47-32(34,35)46-21)31(43,17-5-6-17)14-37-30(42)16-10-19-26(23(12-16)44-2)39-40(28(19)33)18-7-8-18/h4,9-13,17-18,43H,3,5-8,14H2,1-2H3,(H2,36,41)(H,37,42)/t31-/m1/s1. The van der Waals surface area contributed by atoms with Crippen molar-refractivity contribution in [2.45, 2.75) is 50.5 Å². The molecule has 2 aromatic heterocycles. The number of hydrogen-bond acceptors (Lipinski definition) is 9. The lowest BCUT2D eigenvalue weighted by Gasteiger charge is -2.29. The molecular formula is C32H30F3N5O7. The van der Waals surface area contributed by atoms with Gasteiger partial charge in [0.25, 0.3) is 11.8 Å². The fraction of sp³-hybridized carbons (Fsp3) is 0.375. The molecule has 7 rings (SSSR count). The number of pyridine rings is 1. The maximum Gasteiger partial charge on any atom is 0.586 e. The summed E-state index contributed by atoms with van der Waals surface area (Å²) in [6.45, 7) is 1.44. The molecule has 0 radical (unpaired) electrons. The lowest BCUT2D eigenvalue weighted by atomic mass is 9.90. The molecular weight excluding hydrogens is 623 g/mol. The quantitative estimate of drug-likeness (QED) is 0.213. The Hall–Kier alpha value is -5.05. The van der Waals surface area contributed by atoms with Gasteiger partial charge in [-0.3, -0.25) is 9.59 Å². The maximum absolute atomic E-state index is 15.2. The molecule has 0 bridgehead atoms. The van der Waals surface area contributed by atoms with Crippen molar-refractivity contribution in [3.8, 4) is 34.3 Å². The van der Waals surface area contributed by atoms with E-state index >= 15 is 4.39 Å². The number of primary amides is 1. The minimum Gasteiger partial charge on any atom is -0.494 e. The summed E-state index contributed by atoms with van der Waals surface area (Å²) in [6, 6.07) is 8.03. The lowest BCUT2D eigenvalue weighted by Crippen LogP contribution is -2.43. The van der Waals surface area contributed by atoms with Gasteiger partial charge in [0.1, 0.15) is 22.6 Å². The Morgan fingerprint density at radius 3 is 2.55 bits per heavy atom. The number of ether oxygens (including phenoxy) is 4. The van der Waals surface area contributed by atoms with E-state index in [0.29, 0.717) is 18.4 Å². The molecule has 4 aromatic rings. The molecule has 1 atom stereocenters. The molecule has 0 spiro atoms. The number of amides is 2. The Morgan fingerprint density at radius 1 is 1.15 bits per heavy atom. The van der Waals surface area contributed by atoms with Crippen LogP contribution in [0.25, 0.3) is 22.2 Å². The van der Waals surface area contributed by atoms with Crippen molar-refractivity contribution in [2.75, 3.05) is 20.3 Å². The van der Waals surface area contributed by atoms with Crippen molar-refractivity contribution >= 4 is 22.7 Å². The zero-order valence-electron chi connectivity index (χ0n) is 25.3. The molecule has 0 saturated heterocycles. The number of aliphatic hydroxyl groups is 1. The van der Waals surface area contributed by atoms with Gasteiger partial charge in [0.2, 0.25) is 5.95 Å². The number of carbonyl (C=O) groups is 2. The van der Waals surface area contributed by atoms with E-state index in [9.17, 15) is 23.5 Å². The number of fused-ring (bicyclic) bond motifs is 2. The fourth-order valence-corrected chi connectivity index (χ4v) is 5.83. The summed E-state index contributed by atoms with van der Waals surface area (Å²) in [5, 5.41) is 19.3. The van der Waals surface area contributed by atoms with Crippen LogP contribution in [-0.4, -0.2) is 58.2 Å². The Labute approximate surface area is 265 Å². The number of benzene rings is 2. The average Bonchev–Trinajstić information content (AvgIpc) is 3.98. The summed E-state index contributed by atoms with van der Waals surface area (Å²) in [5.74, 6) is -2.71. The van der Waals surface area contributed by atoms with E-state index in [0.717, 1.165) is 12.8 Å². The van der Waals surface area contributed by atoms with Crippen LogP contribution in [0.3, 0.4) is 0 Å². The highest BCUT2D eigenvalue weighted by atomic mass is 19.3. The molecule has 3 aliphatic rings. The molecule has 47 heavy (non-hydrogen) atoms. The Kier molecular flexibility index (Phi) is 7.19. The lowest BCUT2D eigenvalue weighted by molar-refractivity contribution is -0.286. The summed E-state index contributed by atoms with van der Waals surface area (Å²) in [6.07, 6.45) is -1.06. The smallest absolute Gasteiger partial charge is 0.494 e. The number of methoxy groups -OCH3 is 1. The number of nitrogens with two attached hydrogens (primary N) is 1. The van der Waals surface area contributed by atoms with E-state index < -0.39 is 29.7 Å². The first-order valence-electron chi connectivity index (χ1n) is 15.1. The van der Waals surface area contributed by atoms with E-state index in [2.05, 4.69) is 24.9 Å². The van der Waals surface area contributed by atoms with Crippen LogP contribution in [0.5, 0.6) is 23.0 Å². The van der Waals surface area contributed by atoms with Crippen molar-refractivity contribution in [1.82, 2.24) is 20.1 Å². The summed E-state index contributed by atoms with van der Waals surface area (Å²) < 4.78 is 64.3. The molecule has 4 N–H and O–H groups in total. The number of alkyl halides is 2. The van der Waals surface area contributed by atoms with Gasteiger partial charge in [0.05, 0.1) is 42.9 Å². The maximum atomic E-state index is 15.2. The van der Waals surface area contributed by atoms with Crippen molar-refractivity contribution < 1.29 is 46.8 Å². The van der Waals surface area contributed by atoms with E-state index in [-0.39, 0.29) is 81.6 Å². The second-order valence-corrected chi connectivity index (χ2v) is 11.8. The van der Waals surface area contributed by atoms with Crippen LogP contribution >= 0.6 is 0 Å². The predicted octanol–water partition coefficient (Wildman–Crippen LogP) is 4.43. The number of hydrogen-bond donors (Lipinski definition) is 3. The third-order valence-electron chi connectivity index (χ3n) is 8.50. The van der Waals surface area contributed by atoms with Crippen LogP contribution in [0.2, 0.25) is 0 Å². The minimum absolute atomic E-state index is 0.000312. The third-order valence-corrected chi connectivity index (χ3v) is 8.50. The van der Waals surface area contributed by atoms with Gasteiger partial charge in [-0.1, -0.05) is 0 Å². The Bertz CT molecular complexity index is 1940. The van der Waals surface area contributed by atoms with Crippen molar-refractivity contribution in [3.05, 3.63) is 59.2 Å². The zero-order chi connectivity index (χ0) is 33.2. The van der Waals surface area contributed by atoms with Gasteiger partial charge in [-0.05, 0) is 74.9 Å². The van der Waals surface area contributed by atoms with E-state index in [1.165, 1.54) is 48.2 Å². The van der Waals surface area contributed by atoms with Gasteiger partial charge < -0.3 is 35.1 Å². The molecule has 15 heteroatoms. The number of aromatic nitrogens is 3. The van der Waals surface area contributed by atoms with Crippen LogP contribution in [0, 0.1) is 11.9 Å². The first-order chi connectivity index (χ1) is 22.4. The van der Waals surface area contributed by atoms with Crippen molar-refractivity contribution in [1.29, 1.82) is 0 Å². The number of nitrogens with one attached hydrogen (secondary N) is 1. The Balaban J connectivity index is 1.25. The van der Waals surface area contributed by atoms with Crippen LogP contribution < -0.4 is 30.0 Å². The first-order valence-corrected chi connectivity index (χ1v) is 15.1. The number of carbonyl (C=O) groups excluding carboxylic acids is 2. The van der Waals surface area contributed by atoms with Crippen molar-refractivity contribution in [2.24, 2.45) is 11.7 Å². The van der Waals surface area contributed by atoms with Crippen LogP contribution in [0.15, 0.2) is 36.4 Å². The average molecular weight is 654 g/mol. The zero-order valence-corrected chi connectivity index (χ0v) is 25.3. The molecule has 3 heterocycles. The summed E-state index contributed by atoms with van der Waals surface area (Å²) in [4.78, 5) is 30.8. The fourth-order valence-electron chi connectivity index (χ4n) is 5.83. The molecule has 0 unspecified atom stereocenters. The van der Waals surface area contributed by atoms with Gasteiger partial charge in [0.15, 0.2) is 17.2 Å². The second-order valence-electron chi connectivity index (χ2n) is 11.8. The van der Waals surface area contributed by atoms with E-state index in [1.807, 2.05) is 0 Å². The van der Waals surface area contributed by atoms with Gasteiger partial charge in [-0.25, -0.2) is 9.67 Å². The van der Waals surface area contributed by atoms with E-state index in [4.69, 9.17) is 15.2 Å². The minimum atomic E-state index is -3.86. The highest BCUT2D eigenvalue weighted by Crippen LogP contribution is 2.48. The van der Waals surface area contributed by atoms with Gasteiger partial charge in [0, 0.05) is 11.1 Å². The first kappa shape index (κ1) is 30.6. The second kappa shape index (κ2) is 11.0. The summed E-state index contributed by atoms with van der Waals surface area (Å²) in [5.41, 5.74) is 4.45. The summed E-state index contributed by atoms with van der Waals surface area (Å²) in [7, 11) is 1.40. The largest absolute Gasteiger partial charge is 0.586 e.